The zero-order valence-corrected chi connectivity index (χ0v) is 18.0. The third-order valence-corrected chi connectivity index (χ3v) is 9.04. The summed E-state index contributed by atoms with van der Waals surface area (Å²) in [5, 5.41) is 0. The minimum atomic E-state index is 0.316. The maximum atomic E-state index is 12.7. The van der Waals surface area contributed by atoms with Gasteiger partial charge in [-0.15, -0.1) is 0 Å². The molecule has 28 heavy (non-hydrogen) atoms. The second kappa shape index (κ2) is 9.90. The van der Waals surface area contributed by atoms with Gasteiger partial charge < -0.3 is 0 Å². The molecule has 4 rings (SSSR count). The van der Waals surface area contributed by atoms with Crippen molar-refractivity contribution >= 4 is 11.6 Å². The molecule has 0 heterocycles. The average Bonchev–Trinajstić information content (AvgIpc) is 2.73. The van der Waals surface area contributed by atoms with E-state index in [0.29, 0.717) is 36.2 Å². The van der Waals surface area contributed by atoms with Crippen LogP contribution in [0.1, 0.15) is 116 Å². The van der Waals surface area contributed by atoms with E-state index in [0.717, 1.165) is 49.4 Å². The number of carbonyl (C=O) groups is 2. The van der Waals surface area contributed by atoms with E-state index in [1.807, 2.05) is 0 Å². The van der Waals surface area contributed by atoms with Crippen molar-refractivity contribution in [3.8, 4) is 0 Å². The van der Waals surface area contributed by atoms with Crippen LogP contribution in [0.3, 0.4) is 0 Å². The van der Waals surface area contributed by atoms with Gasteiger partial charge in [-0.25, -0.2) is 0 Å². The summed E-state index contributed by atoms with van der Waals surface area (Å²) in [6.07, 6.45) is 21.6. The molecule has 0 aromatic rings. The summed E-state index contributed by atoms with van der Waals surface area (Å²) in [7, 11) is 0. The highest BCUT2D eigenvalue weighted by molar-refractivity contribution is 5.82. The molecule has 2 nitrogen and oxygen atoms in total. The van der Waals surface area contributed by atoms with Gasteiger partial charge in [-0.3, -0.25) is 9.59 Å². The fourth-order valence-electron chi connectivity index (χ4n) is 7.41. The van der Waals surface area contributed by atoms with Crippen LogP contribution in [0.5, 0.6) is 0 Å². The third-order valence-electron chi connectivity index (χ3n) is 9.04. The van der Waals surface area contributed by atoms with E-state index in [-0.39, 0.29) is 0 Å². The van der Waals surface area contributed by atoms with E-state index in [1.165, 1.54) is 77.0 Å². The quantitative estimate of drug-likeness (QED) is 0.477. The molecule has 0 radical (unpaired) electrons. The Morgan fingerprint density at radius 2 is 1.21 bits per heavy atom. The van der Waals surface area contributed by atoms with Crippen LogP contribution in [0.2, 0.25) is 0 Å². The molecule has 6 atom stereocenters. The minimum absolute atomic E-state index is 0.316. The van der Waals surface area contributed by atoms with Gasteiger partial charge in [0.2, 0.25) is 0 Å². The van der Waals surface area contributed by atoms with Gasteiger partial charge in [0.25, 0.3) is 0 Å². The lowest BCUT2D eigenvalue weighted by molar-refractivity contribution is -0.125. The first-order chi connectivity index (χ1) is 13.7. The Balaban J connectivity index is 1.13. The van der Waals surface area contributed by atoms with Crippen molar-refractivity contribution in [2.45, 2.75) is 116 Å². The van der Waals surface area contributed by atoms with Crippen LogP contribution in [-0.4, -0.2) is 11.6 Å². The van der Waals surface area contributed by atoms with Crippen LogP contribution in [0.4, 0.5) is 0 Å². The standard InChI is InChI=1S/C26H42O2/c27-25(17-19-12-13-20-6-1-3-8-22(20)16-19)10-5-11-26(28)24-15-14-21-7-2-4-9-23(21)18-24/h19-24H,1-18H2. The van der Waals surface area contributed by atoms with Gasteiger partial charge in [-0.1, -0.05) is 51.4 Å². The van der Waals surface area contributed by atoms with E-state index in [1.54, 1.807) is 0 Å². The zero-order chi connectivity index (χ0) is 19.3. The lowest BCUT2D eigenvalue weighted by atomic mass is 9.66. The molecule has 0 saturated heterocycles. The van der Waals surface area contributed by atoms with Crippen molar-refractivity contribution in [1.29, 1.82) is 0 Å². The topological polar surface area (TPSA) is 34.1 Å². The number of fused-ring (bicyclic) bond motifs is 2. The summed E-state index contributed by atoms with van der Waals surface area (Å²) in [6, 6.07) is 0. The molecule has 0 bridgehead atoms. The molecule has 6 unspecified atom stereocenters. The fraction of sp³-hybridized carbons (Fsp3) is 0.923. The SMILES string of the molecule is O=C(CCCC(=O)C1CCC2CCCCC2C1)CC1CCC2CCCCC2C1. The Hall–Kier alpha value is -0.660. The van der Waals surface area contributed by atoms with Gasteiger partial charge in [0.1, 0.15) is 11.6 Å². The van der Waals surface area contributed by atoms with Crippen molar-refractivity contribution in [2.24, 2.45) is 35.5 Å². The third kappa shape index (κ3) is 5.28. The minimum Gasteiger partial charge on any atom is -0.300 e. The Labute approximate surface area is 172 Å². The monoisotopic (exact) mass is 386 g/mol. The summed E-state index contributed by atoms with van der Waals surface area (Å²) in [6.45, 7) is 0. The highest BCUT2D eigenvalue weighted by Gasteiger charge is 2.35. The first-order valence-electron chi connectivity index (χ1n) is 12.7. The molecule has 158 valence electrons. The first-order valence-corrected chi connectivity index (χ1v) is 12.7. The van der Waals surface area contributed by atoms with Crippen LogP contribution in [-0.2, 0) is 9.59 Å². The number of Topliss-reactive ketones (excluding diaryl/α,β-unsaturated/α-hetero) is 2. The van der Waals surface area contributed by atoms with E-state index < -0.39 is 0 Å². The van der Waals surface area contributed by atoms with Gasteiger partial charge in [0.05, 0.1) is 0 Å². The summed E-state index contributed by atoms with van der Waals surface area (Å²) in [5.41, 5.74) is 0. The summed E-state index contributed by atoms with van der Waals surface area (Å²) in [4.78, 5) is 25.2. The molecule has 0 aliphatic heterocycles. The van der Waals surface area contributed by atoms with Crippen molar-refractivity contribution in [1.82, 2.24) is 0 Å². The second-order valence-electron chi connectivity index (χ2n) is 10.9. The van der Waals surface area contributed by atoms with E-state index >= 15 is 0 Å². The second-order valence-corrected chi connectivity index (χ2v) is 10.9. The highest BCUT2D eigenvalue weighted by atomic mass is 16.1. The van der Waals surface area contributed by atoms with Gasteiger partial charge in [0, 0.05) is 25.2 Å². The van der Waals surface area contributed by atoms with Crippen LogP contribution >= 0.6 is 0 Å². The molecule has 0 aromatic heterocycles. The summed E-state index contributed by atoms with van der Waals surface area (Å²) in [5.74, 6) is 5.49. The lowest BCUT2D eigenvalue weighted by Crippen LogP contribution is -2.31. The van der Waals surface area contributed by atoms with Gasteiger partial charge in [-0.05, 0) is 74.5 Å². The maximum Gasteiger partial charge on any atom is 0.135 e. The van der Waals surface area contributed by atoms with Gasteiger partial charge >= 0.3 is 0 Å². The molecule has 4 aliphatic rings. The molecule has 4 fully saturated rings. The average molecular weight is 387 g/mol. The maximum absolute atomic E-state index is 12.7. The van der Waals surface area contributed by atoms with Crippen LogP contribution < -0.4 is 0 Å². The molecule has 0 N–H and O–H groups in total. The molecule has 0 amide bonds. The van der Waals surface area contributed by atoms with Crippen molar-refractivity contribution in [3.63, 3.8) is 0 Å². The predicted molar refractivity (Wildman–Crippen MR) is 114 cm³/mol. The fourth-order valence-corrected chi connectivity index (χ4v) is 7.41. The smallest absolute Gasteiger partial charge is 0.135 e. The number of carbonyl (C=O) groups excluding carboxylic acids is 2. The molecule has 4 aliphatic carbocycles. The molecule has 0 spiro atoms. The van der Waals surface area contributed by atoms with Crippen LogP contribution in [0.15, 0.2) is 0 Å². The Morgan fingerprint density at radius 1 is 0.607 bits per heavy atom. The summed E-state index contributed by atoms with van der Waals surface area (Å²) >= 11 is 0. The van der Waals surface area contributed by atoms with E-state index in [2.05, 4.69) is 0 Å². The number of hydrogen-bond acceptors (Lipinski definition) is 2. The molecule has 0 aromatic carbocycles. The zero-order valence-electron chi connectivity index (χ0n) is 18.0. The van der Waals surface area contributed by atoms with E-state index in [9.17, 15) is 9.59 Å². The molecular formula is C26H42O2. The Bertz CT molecular complexity index is 539. The molecule has 2 heteroatoms. The number of rotatable bonds is 7. The largest absolute Gasteiger partial charge is 0.300 e. The van der Waals surface area contributed by atoms with Crippen molar-refractivity contribution < 1.29 is 9.59 Å². The number of hydrogen-bond donors (Lipinski definition) is 0. The molecule has 4 saturated carbocycles. The normalized spacial score (nSPS) is 38.3. The molecular weight excluding hydrogens is 344 g/mol. The summed E-state index contributed by atoms with van der Waals surface area (Å²) < 4.78 is 0. The number of ketones is 2. The van der Waals surface area contributed by atoms with Gasteiger partial charge in [0.15, 0.2) is 0 Å². The predicted octanol–water partition coefficient (Wildman–Crippen LogP) is 6.90. The van der Waals surface area contributed by atoms with Crippen LogP contribution in [0, 0.1) is 35.5 Å². The Kier molecular flexibility index (Phi) is 7.28. The van der Waals surface area contributed by atoms with Gasteiger partial charge in [-0.2, -0.15) is 0 Å². The van der Waals surface area contributed by atoms with E-state index in [4.69, 9.17) is 0 Å². The highest BCUT2D eigenvalue weighted by Crippen LogP contribution is 2.44. The van der Waals surface area contributed by atoms with Crippen LogP contribution in [0.25, 0.3) is 0 Å². The lowest BCUT2D eigenvalue weighted by Gasteiger charge is -2.39. The first kappa shape index (κ1) is 20.6. The van der Waals surface area contributed by atoms with Crippen molar-refractivity contribution in [3.05, 3.63) is 0 Å². The van der Waals surface area contributed by atoms with Crippen molar-refractivity contribution in [2.75, 3.05) is 0 Å². The Morgan fingerprint density at radius 3 is 1.93 bits per heavy atom.